The Kier molecular flexibility index (Phi) is 2.70. The van der Waals surface area contributed by atoms with Crippen molar-refractivity contribution in [2.24, 2.45) is 29.1 Å². The largest absolute Gasteiger partial charge is 0.392 e. The molecule has 0 heterocycles. The number of fused-ring (bicyclic) bond motifs is 2. The summed E-state index contributed by atoms with van der Waals surface area (Å²) in [6.45, 7) is 10.6. The molecular formula is C14H24O. The Bertz CT molecular complexity index is 256. The third kappa shape index (κ3) is 1.56. The number of aliphatic hydroxyl groups excluding tert-OH is 1. The molecule has 2 aliphatic rings. The fourth-order valence-corrected chi connectivity index (χ4v) is 4.08. The van der Waals surface area contributed by atoms with Gasteiger partial charge in [0.25, 0.3) is 0 Å². The third-order valence-electron chi connectivity index (χ3n) is 5.17. The molecular weight excluding hydrogens is 184 g/mol. The molecule has 1 heteroatoms. The lowest BCUT2D eigenvalue weighted by molar-refractivity contribution is -0.0208. The second-order valence-electron chi connectivity index (χ2n) is 6.20. The Morgan fingerprint density at radius 1 is 1.40 bits per heavy atom. The van der Waals surface area contributed by atoms with Crippen molar-refractivity contribution in [1.29, 1.82) is 0 Å². The lowest BCUT2D eigenvalue weighted by atomic mass is 9.65. The van der Waals surface area contributed by atoms with E-state index in [1.807, 2.05) is 6.08 Å². The van der Waals surface area contributed by atoms with Gasteiger partial charge in [-0.3, -0.25) is 0 Å². The summed E-state index contributed by atoms with van der Waals surface area (Å²) in [5, 5.41) is 10.4. The van der Waals surface area contributed by atoms with E-state index in [0.717, 1.165) is 11.8 Å². The zero-order valence-corrected chi connectivity index (χ0v) is 10.2. The number of hydrogen-bond donors (Lipinski definition) is 1. The van der Waals surface area contributed by atoms with E-state index in [1.54, 1.807) is 0 Å². The van der Waals surface area contributed by atoms with E-state index in [1.165, 1.54) is 19.3 Å². The van der Waals surface area contributed by atoms with E-state index in [9.17, 15) is 5.11 Å². The molecule has 0 amide bonds. The van der Waals surface area contributed by atoms with Crippen molar-refractivity contribution in [1.82, 2.24) is 0 Å². The van der Waals surface area contributed by atoms with Crippen molar-refractivity contribution in [3.05, 3.63) is 12.7 Å². The van der Waals surface area contributed by atoms with Crippen molar-refractivity contribution in [3.63, 3.8) is 0 Å². The summed E-state index contributed by atoms with van der Waals surface area (Å²) in [5.41, 5.74) is 0.333. The van der Waals surface area contributed by atoms with Crippen LogP contribution in [-0.4, -0.2) is 11.2 Å². The predicted molar refractivity (Wildman–Crippen MR) is 63.5 cm³/mol. The number of aliphatic hydroxyl groups is 1. The molecule has 1 N–H and O–H groups in total. The van der Waals surface area contributed by atoms with Crippen LogP contribution >= 0.6 is 0 Å². The van der Waals surface area contributed by atoms with Gasteiger partial charge in [-0.15, -0.1) is 6.58 Å². The quantitative estimate of drug-likeness (QED) is 0.706. The smallest absolute Gasteiger partial charge is 0.0636 e. The topological polar surface area (TPSA) is 20.2 Å². The Morgan fingerprint density at radius 2 is 2.07 bits per heavy atom. The maximum Gasteiger partial charge on any atom is 0.0636 e. The van der Waals surface area contributed by atoms with Crippen LogP contribution in [0.2, 0.25) is 0 Å². The van der Waals surface area contributed by atoms with Crippen LogP contribution in [0, 0.1) is 29.1 Å². The Hall–Kier alpha value is -0.300. The van der Waals surface area contributed by atoms with Crippen molar-refractivity contribution in [2.45, 2.75) is 46.1 Å². The first-order valence-electron chi connectivity index (χ1n) is 6.29. The van der Waals surface area contributed by atoms with E-state index in [0.29, 0.717) is 11.3 Å². The minimum atomic E-state index is -0.187. The molecule has 0 saturated heterocycles. The van der Waals surface area contributed by atoms with Crippen LogP contribution < -0.4 is 0 Å². The highest BCUT2D eigenvalue weighted by atomic mass is 16.3. The molecule has 2 saturated carbocycles. The SMILES string of the molecule is C=CC(C)C(O)C1C2CCC(C2)C1(C)C. The zero-order valence-electron chi connectivity index (χ0n) is 10.2. The maximum absolute atomic E-state index is 10.4. The molecule has 0 aromatic heterocycles. The van der Waals surface area contributed by atoms with Gasteiger partial charge in [-0.05, 0) is 48.3 Å². The molecule has 0 aliphatic heterocycles. The van der Waals surface area contributed by atoms with Crippen molar-refractivity contribution < 1.29 is 5.11 Å². The van der Waals surface area contributed by atoms with Crippen LogP contribution in [0.15, 0.2) is 12.7 Å². The number of rotatable bonds is 3. The lowest BCUT2D eigenvalue weighted by Crippen LogP contribution is -2.41. The standard InChI is InChI=1S/C14H24O/c1-5-9(2)13(15)12-10-6-7-11(8-10)14(12,3)4/h5,9-13,15H,1,6-8H2,2-4H3. The van der Waals surface area contributed by atoms with Gasteiger partial charge in [0, 0.05) is 0 Å². The van der Waals surface area contributed by atoms with Gasteiger partial charge in [0.2, 0.25) is 0 Å². The van der Waals surface area contributed by atoms with Crippen LogP contribution in [0.1, 0.15) is 40.0 Å². The summed E-state index contributed by atoms with van der Waals surface area (Å²) in [5.74, 6) is 2.33. The third-order valence-corrected chi connectivity index (χ3v) is 5.17. The van der Waals surface area contributed by atoms with Gasteiger partial charge in [0.1, 0.15) is 0 Å². The second kappa shape index (κ2) is 3.62. The average molecular weight is 208 g/mol. The summed E-state index contributed by atoms with van der Waals surface area (Å²) in [6.07, 6.45) is 5.77. The van der Waals surface area contributed by atoms with Gasteiger partial charge in [-0.1, -0.05) is 26.8 Å². The molecule has 2 rings (SSSR count). The van der Waals surface area contributed by atoms with E-state index < -0.39 is 0 Å². The Balaban J connectivity index is 2.18. The molecule has 86 valence electrons. The molecule has 2 fully saturated rings. The van der Waals surface area contributed by atoms with Gasteiger partial charge in [-0.2, -0.15) is 0 Å². The minimum Gasteiger partial charge on any atom is -0.392 e. The van der Waals surface area contributed by atoms with Crippen LogP contribution in [-0.2, 0) is 0 Å². The molecule has 0 aromatic carbocycles. The molecule has 1 nitrogen and oxygen atoms in total. The molecule has 5 unspecified atom stereocenters. The average Bonchev–Trinajstić information content (AvgIpc) is 2.73. The maximum atomic E-state index is 10.4. The predicted octanol–water partition coefficient (Wildman–Crippen LogP) is 3.24. The van der Waals surface area contributed by atoms with Crippen molar-refractivity contribution in [2.75, 3.05) is 0 Å². The molecule has 0 aromatic rings. The molecule has 5 atom stereocenters. The molecule has 0 spiro atoms. The fraction of sp³-hybridized carbons (Fsp3) is 0.857. The van der Waals surface area contributed by atoms with Crippen LogP contribution in [0.5, 0.6) is 0 Å². The molecule has 0 radical (unpaired) electrons. The monoisotopic (exact) mass is 208 g/mol. The van der Waals surface area contributed by atoms with Crippen LogP contribution in [0.4, 0.5) is 0 Å². The second-order valence-corrected chi connectivity index (χ2v) is 6.20. The number of hydrogen-bond acceptors (Lipinski definition) is 1. The summed E-state index contributed by atoms with van der Waals surface area (Å²) in [4.78, 5) is 0. The highest BCUT2D eigenvalue weighted by Gasteiger charge is 2.55. The lowest BCUT2D eigenvalue weighted by Gasteiger charge is -2.42. The first-order chi connectivity index (χ1) is 6.98. The summed E-state index contributed by atoms with van der Waals surface area (Å²) >= 11 is 0. The minimum absolute atomic E-state index is 0.187. The molecule has 2 bridgehead atoms. The van der Waals surface area contributed by atoms with E-state index in [-0.39, 0.29) is 12.0 Å². The van der Waals surface area contributed by atoms with Crippen LogP contribution in [0.3, 0.4) is 0 Å². The van der Waals surface area contributed by atoms with Gasteiger partial charge < -0.3 is 5.11 Å². The normalized spacial score (nSPS) is 41.5. The highest BCUT2D eigenvalue weighted by Crippen LogP contribution is 2.60. The van der Waals surface area contributed by atoms with E-state index in [2.05, 4.69) is 27.4 Å². The summed E-state index contributed by atoms with van der Waals surface area (Å²) in [7, 11) is 0. The summed E-state index contributed by atoms with van der Waals surface area (Å²) in [6, 6.07) is 0. The summed E-state index contributed by atoms with van der Waals surface area (Å²) < 4.78 is 0. The van der Waals surface area contributed by atoms with Gasteiger partial charge in [0.15, 0.2) is 0 Å². The van der Waals surface area contributed by atoms with E-state index in [4.69, 9.17) is 0 Å². The van der Waals surface area contributed by atoms with Crippen molar-refractivity contribution in [3.8, 4) is 0 Å². The van der Waals surface area contributed by atoms with Gasteiger partial charge in [-0.25, -0.2) is 0 Å². The Morgan fingerprint density at radius 3 is 2.53 bits per heavy atom. The van der Waals surface area contributed by atoms with Gasteiger partial charge >= 0.3 is 0 Å². The van der Waals surface area contributed by atoms with E-state index >= 15 is 0 Å². The zero-order chi connectivity index (χ0) is 11.2. The Labute approximate surface area is 93.6 Å². The highest BCUT2D eigenvalue weighted by molar-refractivity contribution is 5.05. The molecule has 15 heavy (non-hydrogen) atoms. The first kappa shape index (κ1) is 11.2. The van der Waals surface area contributed by atoms with Gasteiger partial charge in [0.05, 0.1) is 6.10 Å². The fourth-order valence-electron chi connectivity index (χ4n) is 4.08. The van der Waals surface area contributed by atoms with Crippen LogP contribution in [0.25, 0.3) is 0 Å². The van der Waals surface area contributed by atoms with Crippen molar-refractivity contribution >= 4 is 0 Å². The first-order valence-corrected chi connectivity index (χ1v) is 6.29. The molecule has 2 aliphatic carbocycles.